The molecular weight excluding hydrogens is 186 g/mol. The molecule has 2 nitrogen and oxygen atoms in total. The van der Waals surface area contributed by atoms with Crippen molar-refractivity contribution in [2.45, 2.75) is 71.9 Å². The fourth-order valence-electron chi connectivity index (χ4n) is 1.85. The van der Waals surface area contributed by atoms with Crippen molar-refractivity contribution in [3.05, 3.63) is 0 Å². The van der Waals surface area contributed by atoms with Gasteiger partial charge in [-0.1, -0.05) is 20.8 Å². The lowest BCUT2D eigenvalue weighted by atomic mass is 9.92. The summed E-state index contributed by atoms with van der Waals surface area (Å²) in [4.78, 5) is 0. The van der Waals surface area contributed by atoms with E-state index in [9.17, 15) is 0 Å². The van der Waals surface area contributed by atoms with Crippen LogP contribution in [0.25, 0.3) is 0 Å². The monoisotopic (exact) mass is 215 g/mol. The van der Waals surface area contributed by atoms with E-state index in [0.29, 0.717) is 6.04 Å². The van der Waals surface area contributed by atoms with E-state index in [1.54, 1.807) is 0 Å². The molecule has 2 heteroatoms. The number of nitrogens with one attached hydrogen (secondary N) is 1. The summed E-state index contributed by atoms with van der Waals surface area (Å²) >= 11 is 0. The lowest BCUT2D eigenvalue weighted by molar-refractivity contribution is 0.201. The quantitative estimate of drug-likeness (QED) is 0.652. The number of hydrogen-bond acceptors (Lipinski definition) is 2. The number of aliphatic hydroxyl groups is 1. The number of rotatable bonds is 8. The van der Waals surface area contributed by atoms with Crippen molar-refractivity contribution >= 4 is 0 Å². The number of aliphatic hydroxyl groups excluding tert-OH is 1. The van der Waals surface area contributed by atoms with Crippen molar-refractivity contribution in [1.29, 1.82) is 0 Å². The standard InChI is InChI=1S/C13H29NO/c1-6-13(5,9-10-15)14-12(4)8-7-11(2)3/h11-12,14-15H,6-10H2,1-5H3. The zero-order chi connectivity index (χ0) is 11.9. The maximum Gasteiger partial charge on any atom is 0.0448 e. The van der Waals surface area contributed by atoms with Crippen molar-refractivity contribution in [2.24, 2.45) is 5.92 Å². The predicted molar refractivity (Wildman–Crippen MR) is 67.1 cm³/mol. The molecular formula is C13H29NO. The Morgan fingerprint density at radius 3 is 2.20 bits per heavy atom. The molecule has 0 aliphatic carbocycles. The average molecular weight is 215 g/mol. The second-order valence-corrected chi connectivity index (χ2v) is 5.40. The van der Waals surface area contributed by atoms with E-state index in [1.807, 2.05) is 0 Å². The number of hydrogen-bond donors (Lipinski definition) is 2. The molecule has 92 valence electrons. The highest BCUT2D eigenvalue weighted by Crippen LogP contribution is 2.17. The first kappa shape index (κ1) is 14.9. The molecule has 15 heavy (non-hydrogen) atoms. The second kappa shape index (κ2) is 7.24. The molecule has 0 aliphatic rings. The molecule has 0 rings (SSSR count). The van der Waals surface area contributed by atoms with Crippen LogP contribution in [0.4, 0.5) is 0 Å². The van der Waals surface area contributed by atoms with E-state index in [4.69, 9.17) is 5.11 Å². The molecule has 0 aromatic carbocycles. The largest absolute Gasteiger partial charge is 0.396 e. The Bertz CT molecular complexity index is 159. The highest BCUT2D eigenvalue weighted by atomic mass is 16.3. The van der Waals surface area contributed by atoms with Gasteiger partial charge in [0.15, 0.2) is 0 Å². The lowest BCUT2D eigenvalue weighted by Gasteiger charge is -2.33. The van der Waals surface area contributed by atoms with Crippen LogP contribution in [0.2, 0.25) is 0 Å². The summed E-state index contributed by atoms with van der Waals surface area (Å²) in [6.45, 7) is 11.4. The Balaban J connectivity index is 3.94. The van der Waals surface area contributed by atoms with Gasteiger partial charge in [-0.3, -0.25) is 0 Å². The van der Waals surface area contributed by atoms with Crippen LogP contribution < -0.4 is 5.32 Å². The van der Waals surface area contributed by atoms with Crippen LogP contribution in [-0.4, -0.2) is 23.3 Å². The molecule has 0 heterocycles. The Labute approximate surface area is 95.5 Å². The third-order valence-corrected chi connectivity index (χ3v) is 3.22. The van der Waals surface area contributed by atoms with E-state index < -0.39 is 0 Å². The summed E-state index contributed by atoms with van der Waals surface area (Å²) < 4.78 is 0. The molecule has 0 aromatic heterocycles. The fraction of sp³-hybridized carbons (Fsp3) is 1.00. The van der Waals surface area contributed by atoms with Gasteiger partial charge in [0.1, 0.15) is 0 Å². The van der Waals surface area contributed by atoms with Gasteiger partial charge in [-0.15, -0.1) is 0 Å². The molecule has 2 atom stereocenters. The summed E-state index contributed by atoms with van der Waals surface area (Å²) in [7, 11) is 0. The van der Waals surface area contributed by atoms with E-state index in [-0.39, 0.29) is 12.1 Å². The first-order valence-corrected chi connectivity index (χ1v) is 6.32. The second-order valence-electron chi connectivity index (χ2n) is 5.40. The van der Waals surface area contributed by atoms with Gasteiger partial charge >= 0.3 is 0 Å². The van der Waals surface area contributed by atoms with Gasteiger partial charge in [0.05, 0.1) is 0 Å². The summed E-state index contributed by atoms with van der Waals surface area (Å²) in [6, 6.07) is 0.545. The Hall–Kier alpha value is -0.0800. The highest BCUT2D eigenvalue weighted by Gasteiger charge is 2.22. The SMILES string of the molecule is CCC(C)(CCO)NC(C)CCC(C)C. The van der Waals surface area contributed by atoms with Crippen LogP contribution in [0, 0.1) is 5.92 Å². The van der Waals surface area contributed by atoms with Crippen LogP contribution >= 0.6 is 0 Å². The average Bonchev–Trinajstić information content (AvgIpc) is 2.15. The van der Waals surface area contributed by atoms with Gasteiger partial charge in [-0.25, -0.2) is 0 Å². The highest BCUT2D eigenvalue weighted by molar-refractivity contribution is 4.83. The third kappa shape index (κ3) is 6.91. The summed E-state index contributed by atoms with van der Waals surface area (Å²) in [5.41, 5.74) is 0.102. The topological polar surface area (TPSA) is 32.3 Å². The molecule has 0 radical (unpaired) electrons. The maximum atomic E-state index is 9.02. The zero-order valence-electron chi connectivity index (χ0n) is 11.1. The molecule has 0 saturated carbocycles. The molecule has 2 N–H and O–H groups in total. The van der Waals surface area contributed by atoms with E-state index in [0.717, 1.165) is 18.8 Å². The van der Waals surface area contributed by atoms with Crippen LogP contribution in [0.1, 0.15) is 60.3 Å². The smallest absolute Gasteiger partial charge is 0.0448 e. The van der Waals surface area contributed by atoms with Crippen LogP contribution in [0.5, 0.6) is 0 Å². The Morgan fingerprint density at radius 2 is 1.80 bits per heavy atom. The normalized spacial score (nSPS) is 17.8. The van der Waals surface area contributed by atoms with Gasteiger partial charge in [-0.2, -0.15) is 0 Å². The molecule has 0 fully saturated rings. The first-order chi connectivity index (χ1) is 6.93. The molecule has 0 bridgehead atoms. The van der Waals surface area contributed by atoms with Gasteiger partial charge in [0.25, 0.3) is 0 Å². The van der Waals surface area contributed by atoms with Crippen molar-refractivity contribution in [3.63, 3.8) is 0 Å². The minimum Gasteiger partial charge on any atom is -0.396 e. The Morgan fingerprint density at radius 1 is 1.20 bits per heavy atom. The van der Waals surface area contributed by atoms with Crippen LogP contribution in [0.3, 0.4) is 0 Å². The minimum atomic E-state index is 0.102. The van der Waals surface area contributed by atoms with Gasteiger partial charge < -0.3 is 10.4 Å². The summed E-state index contributed by atoms with van der Waals surface area (Å²) in [5.74, 6) is 0.778. The summed E-state index contributed by atoms with van der Waals surface area (Å²) in [5, 5.41) is 12.7. The van der Waals surface area contributed by atoms with Crippen molar-refractivity contribution < 1.29 is 5.11 Å². The first-order valence-electron chi connectivity index (χ1n) is 6.32. The minimum absolute atomic E-state index is 0.102. The molecule has 0 amide bonds. The van der Waals surface area contributed by atoms with E-state index in [2.05, 4.69) is 39.9 Å². The summed E-state index contributed by atoms with van der Waals surface area (Å²) in [6.07, 6.45) is 4.40. The van der Waals surface area contributed by atoms with Gasteiger partial charge in [-0.05, 0) is 45.4 Å². The maximum absolute atomic E-state index is 9.02. The molecule has 0 aromatic rings. The van der Waals surface area contributed by atoms with Crippen molar-refractivity contribution in [1.82, 2.24) is 5.32 Å². The lowest BCUT2D eigenvalue weighted by Crippen LogP contribution is -2.47. The van der Waals surface area contributed by atoms with E-state index >= 15 is 0 Å². The Kier molecular flexibility index (Phi) is 7.20. The molecule has 0 aliphatic heterocycles. The molecule has 0 spiro atoms. The van der Waals surface area contributed by atoms with Crippen molar-refractivity contribution in [2.75, 3.05) is 6.61 Å². The van der Waals surface area contributed by atoms with Crippen LogP contribution in [-0.2, 0) is 0 Å². The molecule has 2 unspecified atom stereocenters. The van der Waals surface area contributed by atoms with Gasteiger partial charge in [0.2, 0.25) is 0 Å². The van der Waals surface area contributed by atoms with Crippen molar-refractivity contribution in [3.8, 4) is 0 Å². The molecule has 0 saturated heterocycles. The third-order valence-electron chi connectivity index (χ3n) is 3.22. The van der Waals surface area contributed by atoms with Crippen LogP contribution in [0.15, 0.2) is 0 Å². The predicted octanol–water partition coefficient (Wildman–Crippen LogP) is 2.95. The van der Waals surface area contributed by atoms with E-state index in [1.165, 1.54) is 12.8 Å². The van der Waals surface area contributed by atoms with Gasteiger partial charge in [0, 0.05) is 18.2 Å². The zero-order valence-corrected chi connectivity index (χ0v) is 11.1. The fourth-order valence-corrected chi connectivity index (χ4v) is 1.85.